The summed E-state index contributed by atoms with van der Waals surface area (Å²) in [4.78, 5) is 0.695. The van der Waals surface area contributed by atoms with Crippen molar-refractivity contribution in [3.05, 3.63) is 70.3 Å². The minimum absolute atomic E-state index is 0.102. The largest absolute Gasteiger partial charge is 0.355 e. The molecule has 2 unspecified atom stereocenters. The van der Waals surface area contributed by atoms with E-state index in [4.69, 9.17) is 0 Å². The summed E-state index contributed by atoms with van der Waals surface area (Å²) in [5, 5.41) is -3.40. The zero-order valence-electron chi connectivity index (χ0n) is 18.2. The van der Waals surface area contributed by atoms with Gasteiger partial charge in [0.05, 0.1) is 0 Å². The van der Waals surface area contributed by atoms with Crippen LogP contribution in [0.1, 0.15) is 36.1 Å². The Morgan fingerprint density at radius 3 is 1.35 bits per heavy atom. The lowest BCUT2D eigenvalue weighted by molar-refractivity contribution is -0.270. The zero-order chi connectivity index (χ0) is 23.6. The van der Waals surface area contributed by atoms with Gasteiger partial charge < -0.3 is 0 Å². The van der Waals surface area contributed by atoms with Crippen LogP contribution in [0.2, 0.25) is 0 Å². The van der Waals surface area contributed by atoms with Crippen molar-refractivity contribution in [2.24, 2.45) is 0 Å². The Bertz CT molecular complexity index is 964. The third-order valence-electron chi connectivity index (χ3n) is 6.02. The van der Waals surface area contributed by atoms with Gasteiger partial charge in [-0.25, -0.2) is 4.39 Å². The predicted octanol–water partition coefficient (Wildman–Crippen LogP) is 7.58. The Balaban J connectivity index is 2.52. The number of allylic oxidation sites excluding steroid dienone is 1. The molecule has 0 aliphatic heterocycles. The average molecular weight is 460 g/mol. The molecule has 1 aliphatic rings. The summed E-state index contributed by atoms with van der Waals surface area (Å²) in [6.07, 6.45) is -0.102. The SMILES string of the molecule is CC1=CC(F)(F)C(F)(F)C(C)(F)C1(F)[S+](c1c(C)cccc1C)c1c(C)cccc1C. The molecule has 3 rings (SSSR count). The lowest BCUT2D eigenvalue weighted by Gasteiger charge is -2.46. The van der Waals surface area contributed by atoms with Crippen molar-refractivity contribution in [3.8, 4) is 0 Å². The van der Waals surface area contributed by atoms with Gasteiger partial charge in [-0.15, -0.1) is 0 Å². The maximum absolute atomic E-state index is 17.1. The molecule has 0 bridgehead atoms. The molecule has 31 heavy (non-hydrogen) atoms. The van der Waals surface area contributed by atoms with Gasteiger partial charge in [0.25, 0.3) is 5.67 Å². The minimum Gasteiger partial charge on any atom is -0.227 e. The van der Waals surface area contributed by atoms with Crippen LogP contribution in [-0.2, 0) is 10.9 Å². The normalized spacial score (nSPS) is 27.3. The van der Waals surface area contributed by atoms with Crippen molar-refractivity contribution in [2.75, 3.05) is 0 Å². The van der Waals surface area contributed by atoms with Crippen LogP contribution in [0.5, 0.6) is 0 Å². The lowest BCUT2D eigenvalue weighted by atomic mass is 9.80. The fraction of sp³-hybridized carbons (Fsp3) is 0.417. The second kappa shape index (κ2) is 7.32. The third kappa shape index (κ3) is 3.14. The van der Waals surface area contributed by atoms with Crippen molar-refractivity contribution in [1.29, 1.82) is 0 Å². The molecular weight excluding hydrogens is 434 g/mol. The smallest absolute Gasteiger partial charge is 0.227 e. The number of aryl methyl sites for hydroxylation is 4. The van der Waals surface area contributed by atoms with Crippen LogP contribution in [0.15, 0.2) is 57.8 Å². The molecule has 2 aromatic rings. The van der Waals surface area contributed by atoms with Gasteiger partial charge in [0.15, 0.2) is 9.79 Å². The van der Waals surface area contributed by atoms with Crippen LogP contribution in [0.25, 0.3) is 0 Å². The summed E-state index contributed by atoms with van der Waals surface area (Å²) in [6.45, 7) is 7.97. The molecule has 0 N–H and O–H groups in total. The molecule has 0 heterocycles. The van der Waals surface area contributed by atoms with Gasteiger partial charge in [-0.1, -0.05) is 36.4 Å². The minimum atomic E-state index is -5.24. The maximum Gasteiger partial charge on any atom is 0.355 e. The molecule has 7 heteroatoms. The van der Waals surface area contributed by atoms with Crippen molar-refractivity contribution in [3.63, 3.8) is 0 Å². The summed E-state index contributed by atoms with van der Waals surface area (Å²) in [6, 6.07) is 10.2. The van der Waals surface area contributed by atoms with Gasteiger partial charge >= 0.3 is 16.8 Å². The van der Waals surface area contributed by atoms with Gasteiger partial charge in [-0.05, 0) is 47.6 Å². The number of halogens is 6. The average Bonchev–Trinajstić information content (AvgIpc) is 2.64. The van der Waals surface area contributed by atoms with Crippen LogP contribution in [-0.4, -0.2) is 22.5 Å². The summed E-state index contributed by atoms with van der Waals surface area (Å²) >= 11 is 0. The first-order valence-corrected chi connectivity index (χ1v) is 11.0. The first-order chi connectivity index (χ1) is 14.1. The monoisotopic (exact) mass is 459 g/mol. The molecule has 0 fully saturated rings. The van der Waals surface area contributed by atoms with Gasteiger partial charge in [0.1, 0.15) is 10.9 Å². The van der Waals surface area contributed by atoms with Crippen LogP contribution in [0, 0.1) is 27.7 Å². The highest BCUT2D eigenvalue weighted by atomic mass is 32.2. The standard InChI is InChI=1S/C24H25F6S/c1-14-9-7-10-15(2)19(14)31(20-16(3)11-8-12-17(20)4)23(28)18(5)13-22(26,27)24(29,30)21(23,6)25/h7-13H,1-6H3/q+1. The number of hydrogen-bond donors (Lipinski definition) is 0. The Morgan fingerprint density at radius 1 is 0.645 bits per heavy atom. The fourth-order valence-electron chi connectivity index (χ4n) is 4.32. The van der Waals surface area contributed by atoms with Gasteiger partial charge in [-0.3, -0.25) is 0 Å². The number of hydrogen-bond acceptors (Lipinski definition) is 0. The molecule has 2 aromatic carbocycles. The molecule has 0 saturated heterocycles. The molecule has 168 valence electrons. The van der Waals surface area contributed by atoms with E-state index in [2.05, 4.69) is 0 Å². The summed E-state index contributed by atoms with van der Waals surface area (Å²) in [5.74, 6) is -10.1. The number of rotatable bonds is 3. The van der Waals surface area contributed by atoms with E-state index in [-0.39, 0.29) is 13.0 Å². The van der Waals surface area contributed by atoms with E-state index in [9.17, 15) is 17.6 Å². The molecule has 1 aliphatic carbocycles. The van der Waals surface area contributed by atoms with E-state index in [1.54, 1.807) is 64.1 Å². The van der Waals surface area contributed by atoms with Crippen LogP contribution >= 0.6 is 0 Å². The Hall–Kier alpha value is -1.89. The number of benzene rings is 2. The second-order valence-electron chi connectivity index (χ2n) is 8.37. The first-order valence-electron chi connectivity index (χ1n) is 9.81. The molecule has 0 radical (unpaired) electrons. The summed E-state index contributed by atoms with van der Waals surface area (Å²) < 4.78 is 91.1. The lowest BCUT2D eigenvalue weighted by Crippen LogP contribution is -2.69. The topological polar surface area (TPSA) is 0 Å². The highest BCUT2D eigenvalue weighted by Gasteiger charge is 2.84. The molecular formula is C24H25F6S+. The Kier molecular flexibility index (Phi) is 5.62. The molecule has 2 atom stereocenters. The predicted molar refractivity (Wildman–Crippen MR) is 113 cm³/mol. The van der Waals surface area contributed by atoms with E-state index < -0.39 is 39.0 Å². The maximum atomic E-state index is 17.1. The van der Waals surface area contributed by atoms with Crippen molar-refractivity contribution in [2.45, 2.75) is 73.8 Å². The van der Waals surface area contributed by atoms with Crippen molar-refractivity contribution in [1.82, 2.24) is 0 Å². The van der Waals surface area contributed by atoms with Crippen molar-refractivity contribution >= 4 is 10.9 Å². The molecule has 0 nitrogen and oxygen atoms in total. The zero-order valence-corrected chi connectivity index (χ0v) is 19.0. The second-order valence-corrected chi connectivity index (χ2v) is 10.4. The van der Waals surface area contributed by atoms with Gasteiger partial charge in [0, 0.05) is 27.8 Å². The summed E-state index contributed by atoms with van der Waals surface area (Å²) in [7, 11) is -1.95. The van der Waals surface area contributed by atoms with Gasteiger partial charge in [0.2, 0.25) is 0 Å². The molecule has 0 saturated carbocycles. The Morgan fingerprint density at radius 2 is 1.00 bits per heavy atom. The van der Waals surface area contributed by atoms with Crippen LogP contribution < -0.4 is 0 Å². The summed E-state index contributed by atoms with van der Waals surface area (Å²) in [5.41, 5.74) is -2.60. The highest BCUT2D eigenvalue weighted by Crippen LogP contribution is 2.62. The van der Waals surface area contributed by atoms with E-state index in [1.807, 2.05) is 0 Å². The highest BCUT2D eigenvalue weighted by molar-refractivity contribution is 7.98. The van der Waals surface area contributed by atoms with E-state index in [1.165, 1.54) is 0 Å². The molecule has 0 spiro atoms. The van der Waals surface area contributed by atoms with E-state index >= 15 is 8.78 Å². The Labute approximate surface area is 181 Å². The van der Waals surface area contributed by atoms with Crippen LogP contribution in [0.4, 0.5) is 26.3 Å². The van der Waals surface area contributed by atoms with E-state index in [0.29, 0.717) is 32.0 Å². The number of alkyl halides is 6. The van der Waals surface area contributed by atoms with E-state index in [0.717, 1.165) is 6.92 Å². The quantitative estimate of drug-likeness (QED) is 0.252. The fourth-order valence-corrected chi connectivity index (χ4v) is 7.54. The molecule has 0 amide bonds. The van der Waals surface area contributed by atoms with Crippen LogP contribution in [0.3, 0.4) is 0 Å². The van der Waals surface area contributed by atoms with Crippen molar-refractivity contribution < 1.29 is 26.3 Å². The third-order valence-corrected chi connectivity index (χ3v) is 9.40. The van der Waals surface area contributed by atoms with Gasteiger partial charge in [-0.2, -0.15) is 22.0 Å². The molecule has 0 aromatic heterocycles. The first kappa shape index (κ1) is 23.8.